The van der Waals surface area contributed by atoms with Crippen molar-refractivity contribution in [3.05, 3.63) is 54.4 Å². The summed E-state index contributed by atoms with van der Waals surface area (Å²) in [6, 6.07) is 3.58. The van der Waals surface area contributed by atoms with E-state index in [-0.39, 0.29) is 31.0 Å². The van der Waals surface area contributed by atoms with Crippen molar-refractivity contribution < 1.29 is 23.5 Å². The number of carbonyl (C=O) groups is 2. The predicted octanol–water partition coefficient (Wildman–Crippen LogP) is 4.55. The Hall–Kier alpha value is -4.26. The number of likely N-dealkylation sites (tertiary alicyclic amines) is 2. The second-order valence-corrected chi connectivity index (χ2v) is 13.1. The van der Waals surface area contributed by atoms with Crippen molar-refractivity contribution in [3.8, 4) is 5.75 Å². The van der Waals surface area contributed by atoms with Crippen LogP contribution in [-0.2, 0) is 4.74 Å². The number of carbonyl (C=O) groups excluding carboxylic acids is 2. The lowest BCUT2D eigenvalue weighted by Gasteiger charge is -2.47. The monoisotopic (exact) mass is 606 g/mol. The summed E-state index contributed by atoms with van der Waals surface area (Å²) in [6.07, 6.45) is 9.76. The maximum absolute atomic E-state index is 15.4. The Balaban J connectivity index is 1.11. The van der Waals surface area contributed by atoms with Crippen LogP contribution in [-0.4, -0.2) is 95.9 Å². The van der Waals surface area contributed by atoms with Crippen molar-refractivity contribution in [2.75, 3.05) is 38.0 Å². The Morgan fingerprint density at radius 2 is 1.93 bits per heavy atom. The molecule has 2 aliphatic heterocycles. The first-order valence-electron chi connectivity index (χ1n) is 15.0. The number of imidazole rings is 1. The number of ether oxygens (including phenoxy) is 2. The van der Waals surface area contributed by atoms with Crippen LogP contribution in [0.4, 0.5) is 14.9 Å². The van der Waals surface area contributed by atoms with Crippen molar-refractivity contribution in [1.82, 2.24) is 33.8 Å². The van der Waals surface area contributed by atoms with Gasteiger partial charge in [0.25, 0.3) is 5.91 Å². The third-order valence-corrected chi connectivity index (χ3v) is 7.82. The Morgan fingerprint density at radius 3 is 2.64 bits per heavy atom. The fourth-order valence-corrected chi connectivity index (χ4v) is 5.84. The molecule has 13 heteroatoms. The summed E-state index contributed by atoms with van der Waals surface area (Å²) in [5, 5.41) is 7.18. The minimum atomic E-state index is -1.42. The van der Waals surface area contributed by atoms with Gasteiger partial charge >= 0.3 is 6.09 Å². The molecule has 44 heavy (non-hydrogen) atoms. The number of piperidine rings is 1. The van der Waals surface area contributed by atoms with Crippen molar-refractivity contribution in [3.63, 3.8) is 0 Å². The van der Waals surface area contributed by atoms with E-state index in [1.807, 2.05) is 36.7 Å². The van der Waals surface area contributed by atoms with Crippen LogP contribution >= 0.6 is 0 Å². The van der Waals surface area contributed by atoms with Gasteiger partial charge in [0.05, 0.1) is 31.1 Å². The van der Waals surface area contributed by atoms with E-state index >= 15 is 4.39 Å². The van der Waals surface area contributed by atoms with Crippen molar-refractivity contribution in [2.24, 2.45) is 0 Å². The number of aromatic nitrogens is 5. The van der Waals surface area contributed by atoms with Gasteiger partial charge in [-0.3, -0.25) is 9.69 Å². The Kier molecular flexibility index (Phi) is 7.68. The molecule has 234 valence electrons. The van der Waals surface area contributed by atoms with E-state index in [9.17, 15) is 9.59 Å². The maximum atomic E-state index is 15.4. The van der Waals surface area contributed by atoms with Crippen LogP contribution < -0.4 is 10.1 Å². The molecule has 0 saturated carbocycles. The van der Waals surface area contributed by atoms with Crippen LogP contribution in [0.1, 0.15) is 69.4 Å². The Bertz CT molecular complexity index is 1680. The molecule has 1 N–H and O–H groups in total. The van der Waals surface area contributed by atoms with Gasteiger partial charge in [0.15, 0.2) is 11.3 Å². The maximum Gasteiger partial charge on any atom is 0.410 e. The molecule has 2 amide bonds. The smallest absolute Gasteiger partial charge is 0.410 e. The summed E-state index contributed by atoms with van der Waals surface area (Å²) < 4.78 is 30.2. The van der Waals surface area contributed by atoms with Gasteiger partial charge in [-0.1, -0.05) is 0 Å². The number of hydrogen-bond acceptors (Lipinski definition) is 8. The molecule has 0 bridgehead atoms. The van der Waals surface area contributed by atoms with Gasteiger partial charge in [0.2, 0.25) is 0 Å². The first kappa shape index (κ1) is 29.8. The SMILES string of the molecule is CC(C)Oc1cc2nc(C3CCN(CC4(F)CN(C(=O)OC(C)(C)C)C4)CC3)cn2cc1NC(=O)c1cnn2cccnc12. The molecule has 2 aliphatic rings. The second kappa shape index (κ2) is 11.3. The summed E-state index contributed by atoms with van der Waals surface area (Å²) in [7, 11) is 0. The lowest BCUT2D eigenvalue weighted by Crippen LogP contribution is -2.65. The number of nitrogens with one attached hydrogen (secondary N) is 1. The first-order chi connectivity index (χ1) is 20.9. The van der Waals surface area contributed by atoms with Gasteiger partial charge in [-0.05, 0) is 66.6 Å². The van der Waals surface area contributed by atoms with Crippen LogP contribution in [0.3, 0.4) is 0 Å². The number of pyridine rings is 1. The number of amides is 2. The number of nitrogens with zero attached hydrogens (tertiary/aromatic N) is 7. The molecule has 6 heterocycles. The quantitative estimate of drug-likeness (QED) is 0.326. The van der Waals surface area contributed by atoms with Gasteiger partial charge in [-0.15, -0.1) is 0 Å². The number of hydrogen-bond donors (Lipinski definition) is 1. The van der Waals surface area contributed by atoms with Crippen molar-refractivity contribution >= 4 is 29.0 Å². The van der Waals surface area contributed by atoms with Gasteiger partial charge in [0.1, 0.15) is 28.2 Å². The highest BCUT2D eigenvalue weighted by molar-refractivity contribution is 6.08. The van der Waals surface area contributed by atoms with E-state index in [4.69, 9.17) is 14.5 Å². The lowest BCUT2D eigenvalue weighted by atomic mass is 9.91. The number of rotatable bonds is 7. The van der Waals surface area contributed by atoms with Crippen LogP contribution in [0.25, 0.3) is 11.3 Å². The molecular weight excluding hydrogens is 567 g/mol. The molecule has 6 rings (SSSR count). The van der Waals surface area contributed by atoms with Gasteiger partial charge in [-0.2, -0.15) is 5.10 Å². The van der Waals surface area contributed by atoms with Crippen LogP contribution in [0.2, 0.25) is 0 Å². The molecule has 0 unspecified atom stereocenters. The average molecular weight is 607 g/mol. The third-order valence-electron chi connectivity index (χ3n) is 7.82. The molecule has 0 atom stereocenters. The topological polar surface area (TPSA) is 119 Å². The zero-order chi connectivity index (χ0) is 31.2. The molecule has 2 fully saturated rings. The molecule has 0 radical (unpaired) electrons. The molecular formula is C31H39FN8O4. The molecule has 4 aromatic heterocycles. The molecule has 0 aliphatic carbocycles. The van der Waals surface area contributed by atoms with E-state index in [0.717, 1.165) is 31.6 Å². The minimum absolute atomic E-state index is 0.0574. The molecule has 4 aromatic rings. The van der Waals surface area contributed by atoms with Crippen LogP contribution in [0, 0.1) is 0 Å². The summed E-state index contributed by atoms with van der Waals surface area (Å²) in [5.41, 5.74) is 0.981. The number of anilines is 1. The summed E-state index contributed by atoms with van der Waals surface area (Å²) in [4.78, 5) is 38.2. The molecule has 2 saturated heterocycles. The van der Waals surface area contributed by atoms with E-state index in [1.54, 1.807) is 43.7 Å². The first-order valence-corrected chi connectivity index (χ1v) is 15.0. The molecule has 0 aromatic carbocycles. The van der Waals surface area contributed by atoms with Crippen molar-refractivity contribution in [1.29, 1.82) is 0 Å². The number of alkyl halides is 1. The van der Waals surface area contributed by atoms with Gasteiger partial charge in [-0.25, -0.2) is 23.7 Å². The highest BCUT2D eigenvalue weighted by atomic mass is 19.1. The molecule has 12 nitrogen and oxygen atoms in total. The largest absolute Gasteiger partial charge is 0.489 e. The summed E-state index contributed by atoms with van der Waals surface area (Å²) in [5.74, 6) is 0.399. The summed E-state index contributed by atoms with van der Waals surface area (Å²) >= 11 is 0. The van der Waals surface area contributed by atoms with Crippen molar-refractivity contribution in [2.45, 2.75) is 70.8 Å². The normalized spacial score (nSPS) is 17.7. The Morgan fingerprint density at radius 1 is 1.18 bits per heavy atom. The number of halogens is 1. The lowest BCUT2D eigenvalue weighted by molar-refractivity contribution is -0.0661. The molecule has 0 spiro atoms. The van der Waals surface area contributed by atoms with Crippen LogP contribution in [0.15, 0.2) is 43.1 Å². The number of fused-ring (bicyclic) bond motifs is 2. The van der Waals surface area contributed by atoms with E-state index < -0.39 is 17.4 Å². The highest BCUT2D eigenvalue weighted by Gasteiger charge is 2.48. The zero-order valence-electron chi connectivity index (χ0n) is 25.8. The van der Waals surface area contributed by atoms with Gasteiger partial charge < -0.3 is 24.1 Å². The Labute approximate surface area is 255 Å². The fraction of sp³-hybridized carbons (Fsp3) is 0.516. The van der Waals surface area contributed by atoms with E-state index in [2.05, 4.69) is 20.3 Å². The summed E-state index contributed by atoms with van der Waals surface area (Å²) in [6.45, 7) is 11.2. The van der Waals surface area contributed by atoms with Crippen LogP contribution in [0.5, 0.6) is 5.75 Å². The third kappa shape index (κ3) is 6.33. The van der Waals surface area contributed by atoms with E-state index in [0.29, 0.717) is 34.8 Å². The highest BCUT2D eigenvalue weighted by Crippen LogP contribution is 2.34. The predicted molar refractivity (Wildman–Crippen MR) is 162 cm³/mol. The fourth-order valence-electron chi connectivity index (χ4n) is 5.84. The standard InChI is InChI=1S/C31H39FN8O4/c1-20(2)43-25-13-26-35-23(15-38(26)16-24(25)36-28(41)22-14-34-40-10-6-9-33-27(22)40)21-7-11-37(12-8-21)17-31(32)18-39(19-31)29(42)44-30(3,4)5/h6,9-10,13-16,20-21H,7-8,11-12,17-19H2,1-5H3,(H,36,41). The van der Waals surface area contributed by atoms with E-state index in [1.165, 1.54) is 11.1 Å². The second-order valence-electron chi connectivity index (χ2n) is 13.1. The minimum Gasteiger partial charge on any atom is -0.489 e. The zero-order valence-corrected chi connectivity index (χ0v) is 25.8. The van der Waals surface area contributed by atoms with Gasteiger partial charge in [0, 0.05) is 43.3 Å². The average Bonchev–Trinajstić information content (AvgIpc) is 3.55.